The third kappa shape index (κ3) is 6.14. The lowest BCUT2D eigenvalue weighted by Crippen LogP contribution is -2.16. The normalized spacial score (nSPS) is 22.8. The molecule has 4 atom stereocenters. The van der Waals surface area contributed by atoms with Gasteiger partial charge in [-0.2, -0.15) is 0 Å². The molecule has 1 aliphatic rings. The molecule has 0 saturated heterocycles. The molecule has 1 saturated carbocycles. The van der Waals surface area contributed by atoms with Gasteiger partial charge < -0.3 is 15.3 Å². The van der Waals surface area contributed by atoms with E-state index < -0.39 is 12.1 Å². The molecule has 0 aliphatic heterocycles. The van der Waals surface area contributed by atoms with Crippen molar-refractivity contribution in [3.8, 4) is 17.6 Å². The van der Waals surface area contributed by atoms with Crippen molar-refractivity contribution in [1.29, 1.82) is 0 Å². The molecule has 1 fully saturated rings. The fourth-order valence-corrected chi connectivity index (χ4v) is 4.00. The number of carbonyl (C=O) groups is 1. The second kappa shape index (κ2) is 10.9. The van der Waals surface area contributed by atoms with Crippen molar-refractivity contribution in [3.63, 3.8) is 0 Å². The largest absolute Gasteiger partial charge is 0.507 e. The number of phenolic OH excluding ortho intramolecular Hbond substituents is 1. The third-order valence-electron chi connectivity index (χ3n) is 5.59. The van der Waals surface area contributed by atoms with E-state index in [4.69, 9.17) is 5.11 Å². The van der Waals surface area contributed by atoms with Crippen LogP contribution in [0.4, 0.5) is 0 Å². The third-order valence-corrected chi connectivity index (χ3v) is 5.59. The predicted molar refractivity (Wildman–Crippen MR) is 111 cm³/mol. The van der Waals surface area contributed by atoms with Crippen LogP contribution in [-0.2, 0) is 11.2 Å². The van der Waals surface area contributed by atoms with Gasteiger partial charge in [0.25, 0.3) is 0 Å². The summed E-state index contributed by atoms with van der Waals surface area (Å²) in [6, 6.07) is 5.70. The van der Waals surface area contributed by atoms with E-state index in [1.807, 2.05) is 25.1 Å². The molecular weight excluding hydrogens is 352 g/mol. The standard InChI is InChI=1S/C24H32O4/c1-3-4-8-17(2)9-5-12-20-19(15-16-22(20)25)21-13-6-10-18(24(21)28)11-7-14-23(26)27/h5-6,10,12-13,17,19-20,22,25,28H,7-9,11,14-16H2,1-2H3,(H,26,27)/b12-5+/t17?,19-,20?,22+/m0/s1. The summed E-state index contributed by atoms with van der Waals surface area (Å²) in [5.41, 5.74) is 1.65. The van der Waals surface area contributed by atoms with Crippen LogP contribution in [0.5, 0.6) is 5.75 Å². The van der Waals surface area contributed by atoms with E-state index in [0.717, 1.165) is 36.8 Å². The Kier molecular flexibility index (Phi) is 8.60. The van der Waals surface area contributed by atoms with Gasteiger partial charge in [-0.05, 0) is 62.0 Å². The fraction of sp³-hybridized carbons (Fsp3) is 0.542. The van der Waals surface area contributed by atoms with Crippen LogP contribution in [0, 0.1) is 23.7 Å². The van der Waals surface area contributed by atoms with Crippen LogP contribution in [0.15, 0.2) is 30.4 Å². The molecule has 0 heterocycles. The van der Waals surface area contributed by atoms with Crippen molar-refractivity contribution < 1.29 is 20.1 Å². The summed E-state index contributed by atoms with van der Waals surface area (Å²) in [6.45, 7) is 4.02. The number of aliphatic hydroxyl groups is 1. The summed E-state index contributed by atoms with van der Waals surface area (Å²) in [5, 5.41) is 30.0. The molecule has 152 valence electrons. The second-order valence-corrected chi connectivity index (χ2v) is 7.83. The quantitative estimate of drug-likeness (QED) is 0.428. The minimum Gasteiger partial charge on any atom is -0.507 e. The Balaban J connectivity index is 2.09. The summed E-state index contributed by atoms with van der Waals surface area (Å²) in [4.78, 5) is 10.7. The molecule has 0 aromatic heterocycles. The number of benzene rings is 1. The minimum atomic E-state index is -0.820. The Labute approximate surface area is 168 Å². The molecule has 1 aliphatic carbocycles. The lowest BCUT2D eigenvalue weighted by atomic mass is 9.85. The highest BCUT2D eigenvalue weighted by Crippen LogP contribution is 2.44. The van der Waals surface area contributed by atoms with E-state index >= 15 is 0 Å². The Hall–Kier alpha value is -2.25. The first-order chi connectivity index (χ1) is 13.4. The maximum Gasteiger partial charge on any atom is 0.303 e. The number of aliphatic carboxylic acids is 1. The molecule has 0 bridgehead atoms. The zero-order valence-corrected chi connectivity index (χ0v) is 16.9. The van der Waals surface area contributed by atoms with Crippen LogP contribution in [0.2, 0.25) is 0 Å². The number of phenols is 1. The number of carboxylic acid groups (broad SMARTS) is 1. The van der Waals surface area contributed by atoms with E-state index in [1.165, 1.54) is 0 Å². The molecular formula is C24H32O4. The van der Waals surface area contributed by atoms with Crippen LogP contribution in [0.3, 0.4) is 0 Å². The summed E-state index contributed by atoms with van der Waals surface area (Å²) in [5.74, 6) is 6.02. The van der Waals surface area contributed by atoms with Gasteiger partial charge in [-0.15, -0.1) is 11.8 Å². The summed E-state index contributed by atoms with van der Waals surface area (Å²) >= 11 is 0. The highest BCUT2D eigenvalue weighted by Gasteiger charge is 2.35. The Morgan fingerprint density at radius 1 is 1.36 bits per heavy atom. The maximum atomic E-state index is 10.8. The number of hydrogen-bond acceptors (Lipinski definition) is 3. The summed E-state index contributed by atoms with van der Waals surface area (Å²) in [6.07, 6.45) is 8.33. The van der Waals surface area contributed by atoms with Crippen molar-refractivity contribution in [2.75, 3.05) is 0 Å². The smallest absolute Gasteiger partial charge is 0.303 e. The summed E-state index contributed by atoms with van der Waals surface area (Å²) in [7, 11) is 0. The number of aliphatic hydroxyl groups excluding tert-OH is 1. The van der Waals surface area contributed by atoms with Gasteiger partial charge in [0.15, 0.2) is 0 Å². The van der Waals surface area contributed by atoms with Gasteiger partial charge in [0.2, 0.25) is 0 Å². The zero-order chi connectivity index (χ0) is 20.5. The maximum absolute atomic E-state index is 10.8. The Bertz CT molecular complexity index is 741. The number of hydrogen-bond donors (Lipinski definition) is 3. The van der Waals surface area contributed by atoms with E-state index in [0.29, 0.717) is 18.8 Å². The van der Waals surface area contributed by atoms with Crippen molar-refractivity contribution in [1.82, 2.24) is 0 Å². The van der Waals surface area contributed by atoms with Crippen LogP contribution in [-0.4, -0.2) is 27.4 Å². The molecule has 0 amide bonds. The van der Waals surface area contributed by atoms with Gasteiger partial charge in [0.05, 0.1) is 6.10 Å². The van der Waals surface area contributed by atoms with Gasteiger partial charge in [-0.25, -0.2) is 0 Å². The first-order valence-electron chi connectivity index (χ1n) is 10.2. The minimum absolute atomic E-state index is 0.00960. The van der Waals surface area contributed by atoms with Crippen LogP contribution in [0.1, 0.15) is 69.4 Å². The van der Waals surface area contributed by atoms with Gasteiger partial charge in [0.1, 0.15) is 5.75 Å². The lowest BCUT2D eigenvalue weighted by molar-refractivity contribution is -0.137. The number of aryl methyl sites for hydroxylation is 1. The molecule has 4 nitrogen and oxygen atoms in total. The number of allylic oxidation sites excluding steroid dienone is 1. The van der Waals surface area contributed by atoms with Crippen LogP contribution >= 0.6 is 0 Å². The van der Waals surface area contributed by atoms with E-state index in [2.05, 4.69) is 30.9 Å². The van der Waals surface area contributed by atoms with Crippen molar-refractivity contribution >= 4 is 5.97 Å². The van der Waals surface area contributed by atoms with Gasteiger partial charge in [-0.1, -0.05) is 37.3 Å². The van der Waals surface area contributed by atoms with Crippen molar-refractivity contribution in [3.05, 3.63) is 41.5 Å². The highest BCUT2D eigenvalue weighted by molar-refractivity contribution is 5.66. The molecule has 2 rings (SSSR count). The average molecular weight is 385 g/mol. The Morgan fingerprint density at radius 2 is 2.14 bits per heavy atom. The van der Waals surface area contributed by atoms with E-state index in [-0.39, 0.29) is 24.0 Å². The molecule has 1 aromatic rings. The molecule has 3 N–H and O–H groups in total. The van der Waals surface area contributed by atoms with E-state index in [9.17, 15) is 15.0 Å². The predicted octanol–water partition coefficient (Wildman–Crippen LogP) is 4.65. The monoisotopic (exact) mass is 384 g/mol. The molecule has 0 spiro atoms. The first kappa shape index (κ1) is 22.0. The fourth-order valence-electron chi connectivity index (χ4n) is 4.00. The molecule has 0 radical (unpaired) electrons. The lowest BCUT2D eigenvalue weighted by Gasteiger charge is -2.21. The van der Waals surface area contributed by atoms with Gasteiger partial charge >= 0.3 is 5.97 Å². The first-order valence-corrected chi connectivity index (χ1v) is 10.2. The van der Waals surface area contributed by atoms with Crippen molar-refractivity contribution in [2.45, 2.75) is 70.8 Å². The molecule has 28 heavy (non-hydrogen) atoms. The number of aromatic hydroxyl groups is 1. The van der Waals surface area contributed by atoms with Crippen molar-refractivity contribution in [2.24, 2.45) is 11.8 Å². The van der Waals surface area contributed by atoms with Crippen LogP contribution in [0.25, 0.3) is 0 Å². The molecule has 4 heteroatoms. The van der Waals surface area contributed by atoms with Gasteiger partial charge in [0, 0.05) is 18.8 Å². The zero-order valence-electron chi connectivity index (χ0n) is 16.9. The van der Waals surface area contributed by atoms with E-state index in [1.54, 1.807) is 0 Å². The average Bonchev–Trinajstić information content (AvgIpc) is 3.02. The summed E-state index contributed by atoms with van der Waals surface area (Å²) < 4.78 is 0. The number of carboxylic acids is 1. The Morgan fingerprint density at radius 3 is 2.86 bits per heavy atom. The second-order valence-electron chi connectivity index (χ2n) is 7.83. The molecule has 2 unspecified atom stereocenters. The van der Waals surface area contributed by atoms with Crippen LogP contribution < -0.4 is 0 Å². The molecule has 1 aromatic carbocycles. The topological polar surface area (TPSA) is 77.8 Å². The number of rotatable bonds is 9. The number of para-hydroxylation sites is 1. The highest BCUT2D eigenvalue weighted by atomic mass is 16.4. The SMILES string of the molecule is CC#CCC(C)C/C=C/C1[C@H](O)CC[C@@H]1c1cccc(CCCC(=O)O)c1O. The van der Waals surface area contributed by atoms with Gasteiger partial charge in [-0.3, -0.25) is 4.79 Å².